The minimum Gasteiger partial charge on any atom is -0.467 e. The maximum atomic E-state index is 9.52. The quantitative estimate of drug-likeness (QED) is 0.608. The summed E-state index contributed by atoms with van der Waals surface area (Å²) < 4.78 is 12.9. The van der Waals surface area contributed by atoms with Gasteiger partial charge in [-0.05, 0) is 62.4 Å². The van der Waals surface area contributed by atoms with E-state index >= 15 is 0 Å². The second-order valence-electron chi connectivity index (χ2n) is 9.09. The number of nitrogens with zero attached hydrogens (tertiary/aromatic N) is 5. The van der Waals surface area contributed by atoms with Gasteiger partial charge in [0.25, 0.3) is 0 Å². The highest BCUT2D eigenvalue weighted by atomic mass is 16.5. The number of aryl methyl sites for hydroxylation is 1. The molecule has 0 aliphatic carbocycles. The van der Waals surface area contributed by atoms with Crippen LogP contribution in [0, 0.1) is 6.92 Å². The van der Waals surface area contributed by atoms with Gasteiger partial charge in [-0.2, -0.15) is 15.1 Å². The van der Waals surface area contributed by atoms with Crippen LogP contribution in [0.5, 0.6) is 6.01 Å². The first-order valence-corrected chi connectivity index (χ1v) is 11.7. The summed E-state index contributed by atoms with van der Waals surface area (Å²) in [4.78, 5) is 11.3. The third kappa shape index (κ3) is 4.40. The van der Waals surface area contributed by atoms with Gasteiger partial charge >= 0.3 is 6.01 Å². The molecule has 0 amide bonds. The fourth-order valence-electron chi connectivity index (χ4n) is 5.04. The van der Waals surface area contributed by atoms with E-state index in [4.69, 9.17) is 9.47 Å². The molecule has 9 nitrogen and oxygen atoms in total. The number of piperidine rings is 1. The van der Waals surface area contributed by atoms with Gasteiger partial charge in [0.15, 0.2) is 5.82 Å². The molecule has 0 bridgehead atoms. The Kier molecular flexibility index (Phi) is 6.18. The third-order valence-corrected chi connectivity index (χ3v) is 6.76. The summed E-state index contributed by atoms with van der Waals surface area (Å²) >= 11 is 0. The number of nitrogens with one attached hydrogen (secondary N) is 1. The number of morpholine rings is 1. The number of aromatic nitrogens is 4. The highest BCUT2D eigenvalue weighted by Crippen LogP contribution is 2.33. The first-order valence-electron chi connectivity index (χ1n) is 11.7. The van der Waals surface area contributed by atoms with E-state index in [1.807, 2.05) is 16.9 Å². The molecule has 9 heteroatoms. The number of benzene rings is 1. The molecule has 2 aromatic heterocycles. The van der Waals surface area contributed by atoms with Gasteiger partial charge in [0.05, 0.1) is 38.1 Å². The molecule has 2 fully saturated rings. The number of rotatable bonds is 5. The van der Waals surface area contributed by atoms with Gasteiger partial charge in [-0.15, -0.1) is 0 Å². The molecule has 176 valence electrons. The maximum absolute atomic E-state index is 9.52. The fourth-order valence-corrected chi connectivity index (χ4v) is 5.04. The van der Waals surface area contributed by atoms with E-state index in [0.717, 1.165) is 36.1 Å². The van der Waals surface area contributed by atoms with Crippen molar-refractivity contribution in [1.82, 2.24) is 25.1 Å². The zero-order valence-corrected chi connectivity index (χ0v) is 19.5. The molecule has 2 N–H and O–H groups in total. The summed E-state index contributed by atoms with van der Waals surface area (Å²) in [5.74, 6) is 1.93. The van der Waals surface area contributed by atoms with Crippen LogP contribution in [0.25, 0.3) is 16.7 Å². The molecular formula is C24H32N6O3. The summed E-state index contributed by atoms with van der Waals surface area (Å²) in [5.41, 5.74) is 3.73. The Morgan fingerprint density at radius 2 is 2.09 bits per heavy atom. The van der Waals surface area contributed by atoms with E-state index in [0.29, 0.717) is 37.5 Å². The number of methoxy groups -OCH3 is 1. The summed E-state index contributed by atoms with van der Waals surface area (Å²) in [7, 11) is 1.57. The van der Waals surface area contributed by atoms with Crippen LogP contribution in [0.1, 0.15) is 36.8 Å². The summed E-state index contributed by atoms with van der Waals surface area (Å²) in [5, 5.41) is 18.8. The minimum absolute atomic E-state index is 0.0210. The number of ether oxygens (including phenoxy) is 2. The lowest BCUT2D eigenvalue weighted by Crippen LogP contribution is -2.44. The summed E-state index contributed by atoms with van der Waals surface area (Å²) in [6, 6.07) is 7.26. The van der Waals surface area contributed by atoms with Crippen molar-refractivity contribution in [3.05, 3.63) is 35.5 Å². The SMILES string of the molecule is COc1nc(N2CCO[C@H](CO)C2)cc(-n2ncc3cc(C)c(C4CCNC(C)C4)cc32)n1. The standard InChI is InChI=1S/C24H32N6O3/c1-15-8-18-12-26-30(21(18)10-20(15)17-4-5-25-16(2)9-17)23-11-22(27-24(28-23)32-3)29-6-7-33-19(13-29)14-31/h8,10-12,16-17,19,25,31H,4-7,9,13-14H2,1-3H3/t16?,17?,19-/m0/s1. The Balaban J connectivity index is 1.55. The number of aliphatic hydroxyl groups excluding tert-OH is 1. The van der Waals surface area contributed by atoms with E-state index in [9.17, 15) is 5.11 Å². The Hall–Kier alpha value is -2.75. The van der Waals surface area contributed by atoms with E-state index in [1.54, 1.807) is 7.11 Å². The van der Waals surface area contributed by atoms with E-state index in [-0.39, 0.29) is 18.7 Å². The molecule has 4 heterocycles. The molecular weight excluding hydrogens is 420 g/mol. The van der Waals surface area contributed by atoms with Crippen molar-refractivity contribution < 1.29 is 14.6 Å². The smallest absolute Gasteiger partial charge is 0.320 e. The van der Waals surface area contributed by atoms with Gasteiger partial charge in [-0.1, -0.05) is 0 Å². The first-order chi connectivity index (χ1) is 16.1. The fraction of sp³-hybridized carbons (Fsp3) is 0.542. The molecule has 2 aliphatic heterocycles. The van der Waals surface area contributed by atoms with Crippen LogP contribution in [0.15, 0.2) is 24.4 Å². The first kappa shape index (κ1) is 22.1. The van der Waals surface area contributed by atoms with Gasteiger partial charge in [0, 0.05) is 30.6 Å². The molecule has 2 aliphatic rings. The average Bonchev–Trinajstić information content (AvgIpc) is 3.25. The van der Waals surface area contributed by atoms with Crippen LogP contribution >= 0.6 is 0 Å². The molecule has 1 aromatic carbocycles. The highest BCUT2D eigenvalue weighted by molar-refractivity contribution is 5.82. The van der Waals surface area contributed by atoms with Crippen LogP contribution in [-0.4, -0.2) is 77.0 Å². The molecule has 0 spiro atoms. The molecule has 0 saturated carbocycles. The zero-order chi connectivity index (χ0) is 22.9. The molecule has 3 atom stereocenters. The van der Waals surface area contributed by atoms with Crippen LogP contribution in [0.4, 0.5) is 5.82 Å². The number of hydrogen-bond acceptors (Lipinski definition) is 8. The molecule has 2 unspecified atom stereocenters. The van der Waals surface area contributed by atoms with Gasteiger partial charge < -0.3 is 24.8 Å². The number of anilines is 1. The van der Waals surface area contributed by atoms with Crippen molar-refractivity contribution >= 4 is 16.7 Å². The van der Waals surface area contributed by atoms with E-state index in [1.165, 1.54) is 11.1 Å². The molecule has 2 saturated heterocycles. The van der Waals surface area contributed by atoms with Gasteiger partial charge in [-0.3, -0.25) is 0 Å². The predicted molar refractivity (Wildman–Crippen MR) is 126 cm³/mol. The van der Waals surface area contributed by atoms with Crippen LogP contribution in [0.3, 0.4) is 0 Å². The third-order valence-electron chi connectivity index (χ3n) is 6.76. The average molecular weight is 453 g/mol. The topological polar surface area (TPSA) is 97.6 Å². The Labute approximate surface area is 193 Å². The van der Waals surface area contributed by atoms with Gasteiger partial charge in [0.1, 0.15) is 5.82 Å². The van der Waals surface area contributed by atoms with E-state index in [2.05, 4.69) is 51.3 Å². The van der Waals surface area contributed by atoms with Crippen LogP contribution in [-0.2, 0) is 4.74 Å². The lowest BCUT2D eigenvalue weighted by atomic mass is 9.84. The van der Waals surface area contributed by atoms with Crippen molar-refractivity contribution in [3.8, 4) is 11.8 Å². The van der Waals surface area contributed by atoms with Crippen molar-refractivity contribution in [3.63, 3.8) is 0 Å². The predicted octanol–water partition coefficient (Wildman–Crippen LogP) is 2.19. The second-order valence-corrected chi connectivity index (χ2v) is 9.09. The van der Waals surface area contributed by atoms with E-state index < -0.39 is 0 Å². The Morgan fingerprint density at radius 1 is 1.24 bits per heavy atom. The second kappa shape index (κ2) is 9.24. The lowest BCUT2D eigenvalue weighted by molar-refractivity contribution is 0.00333. The van der Waals surface area contributed by atoms with Crippen molar-refractivity contribution in [2.45, 2.75) is 44.8 Å². The molecule has 5 rings (SSSR count). The van der Waals surface area contributed by atoms with Crippen LogP contribution < -0.4 is 15.0 Å². The minimum atomic E-state index is -0.230. The van der Waals surface area contributed by atoms with Crippen molar-refractivity contribution in [2.24, 2.45) is 0 Å². The van der Waals surface area contributed by atoms with Crippen molar-refractivity contribution in [2.75, 3.05) is 44.9 Å². The number of hydrogen-bond donors (Lipinski definition) is 2. The maximum Gasteiger partial charge on any atom is 0.320 e. The lowest BCUT2D eigenvalue weighted by Gasteiger charge is -2.33. The molecule has 33 heavy (non-hydrogen) atoms. The number of aliphatic hydroxyl groups is 1. The zero-order valence-electron chi connectivity index (χ0n) is 19.5. The van der Waals surface area contributed by atoms with Gasteiger partial charge in [-0.25, -0.2) is 4.68 Å². The largest absolute Gasteiger partial charge is 0.467 e. The highest BCUT2D eigenvalue weighted by Gasteiger charge is 2.24. The Morgan fingerprint density at radius 3 is 2.88 bits per heavy atom. The normalized spacial score (nSPS) is 23.8. The summed E-state index contributed by atoms with van der Waals surface area (Å²) in [6.07, 6.45) is 3.93. The number of fused-ring (bicyclic) bond motifs is 1. The van der Waals surface area contributed by atoms with Crippen molar-refractivity contribution in [1.29, 1.82) is 0 Å². The Bertz CT molecular complexity index is 1130. The molecule has 3 aromatic rings. The monoisotopic (exact) mass is 452 g/mol. The van der Waals surface area contributed by atoms with Crippen LogP contribution in [0.2, 0.25) is 0 Å². The van der Waals surface area contributed by atoms with Gasteiger partial charge in [0.2, 0.25) is 0 Å². The summed E-state index contributed by atoms with van der Waals surface area (Å²) in [6.45, 7) is 7.26. The molecule has 0 radical (unpaired) electrons.